The normalized spacial score (nSPS) is 12.0. The maximum Gasteiger partial charge on any atom is 0.220 e. The summed E-state index contributed by atoms with van der Waals surface area (Å²) in [5.41, 5.74) is 3.25. The molecule has 1 amide bonds. The quantitative estimate of drug-likeness (QED) is 0.442. The number of hydrogen-bond acceptors (Lipinski definition) is 5. The van der Waals surface area contributed by atoms with E-state index in [1.165, 1.54) is 4.80 Å². The van der Waals surface area contributed by atoms with Crippen LogP contribution in [-0.2, 0) is 16.6 Å². The Hall–Kier alpha value is -2.64. The van der Waals surface area contributed by atoms with Crippen molar-refractivity contribution in [3.05, 3.63) is 46.5 Å². The van der Waals surface area contributed by atoms with Gasteiger partial charge < -0.3 is 15.7 Å². The van der Waals surface area contributed by atoms with Gasteiger partial charge in [0.05, 0.1) is 0 Å². The van der Waals surface area contributed by atoms with Gasteiger partial charge in [0, 0.05) is 36.1 Å². The number of aromatic nitrogens is 3. The smallest absolute Gasteiger partial charge is 0.220 e. The van der Waals surface area contributed by atoms with E-state index in [1.807, 2.05) is 32.9 Å². The summed E-state index contributed by atoms with van der Waals surface area (Å²) < 4.78 is 0. The standard InChI is InChI=1S/C24H32ClN5O2/c1-15(2)26-10-11-27-22(31)9-6-16-12-18(24(3,4)5)23(32)21(13-16)30-28-19-8-7-17(25)14-20(19)29-30/h7-8,12-15,26,32H,6,9-11H2,1-5H3,(H,27,31). The van der Waals surface area contributed by atoms with Gasteiger partial charge in [0.2, 0.25) is 5.91 Å². The minimum Gasteiger partial charge on any atom is -0.505 e. The van der Waals surface area contributed by atoms with Crippen LogP contribution in [0.2, 0.25) is 5.02 Å². The molecule has 0 saturated heterocycles. The lowest BCUT2D eigenvalue weighted by atomic mass is 9.84. The van der Waals surface area contributed by atoms with E-state index in [4.69, 9.17) is 11.6 Å². The molecule has 8 heteroatoms. The number of rotatable bonds is 8. The number of hydrogen-bond donors (Lipinski definition) is 3. The second kappa shape index (κ2) is 9.88. The third-order valence-corrected chi connectivity index (χ3v) is 5.39. The summed E-state index contributed by atoms with van der Waals surface area (Å²) in [7, 11) is 0. The Morgan fingerprint density at radius 3 is 2.53 bits per heavy atom. The largest absolute Gasteiger partial charge is 0.505 e. The molecular weight excluding hydrogens is 426 g/mol. The first kappa shape index (κ1) is 24.0. The first-order valence-corrected chi connectivity index (χ1v) is 11.3. The molecule has 32 heavy (non-hydrogen) atoms. The predicted octanol–water partition coefficient (Wildman–Crippen LogP) is 4.12. The molecule has 0 bridgehead atoms. The second-order valence-corrected chi connectivity index (χ2v) is 9.78. The molecular formula is C24H32ClN5O2. The molecule has 172 valence electrons. The molecule has 3 aromatic rings. The number of nitrogens with zero attached hydrogens (tertiary/aromatic N) is 3. The first-order chi connectivity index (χ1) is 15.0. The first-order valence-electron chi connectivity index (χ1n) is 10.9. The van der Waals surface area contributed by atoms with Crippen LogP contribution in [0.3, 0.4) is 0 Å². The maximum absolute atomic E-state index is 12.3. The van der Waals surface area contributed by atoms with E-state index in [1.54, 1.807) is 18.2 Å². The van der Waals surface area contributed by atoms with Crippen LogP contribution in [0, 0.1) is 0 Å². The van der Waals surface area contributed by atoms with E-state index in [2.05, 4.69) is 34.7 Å². The van der Waals surface area contributed by atoms with Crippen molar-refractivity contribution in [2.45, 2.75) is 58.9 Å². The SMILES string of the molecule is CC(C)NCCNC(=O)CCc1cc(-n2nc3ccc(Cl)cc3n2)c(O)c(C(C)(C)C)c1. The van der Waals surface area contributed by atoms with Gasteiger partial charge in [0.15, 0.2) is 0 Å². The average Bonchev–Trinajstić information content (AvgIpc) is 3.12. The summed E-state index contributed by atoms with van der Waals surface area (Å²) >= 11 is 6.08. The number of aryl methyl sites for hydroxylation is 1. The van der Waals surface area contributed by atoms with Gasteiger partial charge in [-0.1, -0.05) is 52.3 Å². The van der Waals surface area contributed by atoms with E-state index < -0.39 is 0 Å². The van der Waals surface area contributed by atoms with Crippen LogP contribution >= 0.6 is 11.6 Å². The van der Waals surface area contributed by atoms with Crippen LogP contribution in [0.5, 0.6) is 5.75 Å². The average molecular weight is 458 g/mol. The van der Waals surface area contributed by atoms with Crippen LogP contribution in [0.25, 0.3) is 16.7 Å². The molecule has 3 rings (SSSR count). The molecule has 3 N–H and O–H groups in total. The fourth-order valence-corrected chi connectivity index (χ4v) is 3.62. The number of amides is 1. The van der Waals surface area contributed by atoms with Gasteiger partial charge in [-0.05, 0) is 41.7 Å². The molecule has 0 aliphatic rings. The Balaban J connectivity index is 1.84. The molecule has 2 aromatic carbocycles. The summed E-state index contributed by atoms with van der Waals surface area (Å²) in [4.78, 5) is 13.7. The Morgan fingerprint density at radius 2 is 1.84 bits per heavy atom. The zero-order valence-electron chi connectivity index (χ0n) is 19.4. The third kappa shape index (κ3) is 5.99. The summed E-state index contributed by atoms with van der Waals surface area (Å²) in [6.07, 6.45) is 0.909. The van der Waals surface area contributed by atoms with Crippen LogP contribution in [0.4, 0.5) is 0 Å². The molecule has 0 saturated carbocycles. The number of benzene rings is 2. The summed E-state index contributed by atoms with van der Waals surface area (Å²) in [5.74, 6) is 0.136. The van der Waals surface area contributed by atoms with Crippen molar-refractivity contribution >= 4 is 28.5 Å². The number of carbonyl (C=O) groups is 1. The molecule has 0 atom stereocenters. The highest BCUT2D eigenvalue weighted by molar-refractivity contribution is 6.31. The lowest BCUT2D eigenvalue weighted by Crippen LogP contribution is -2.34. The fourth-order valence-electron chi connectivity index (χ4n) is 3.45. The number of nitrogens with one attached hydrogen (secondary N) is 2. The number of phenols is 1. The van der Waals surface area contributed by atoms with Crippen LogP contribution in [-0.4, -0.2) is 45.1 Å². The van der Waals surface area contributed by atoms with Crippen LogP contribution in [0.1, 0.15) is 52.2 Å². The zero-order chi connectivity index (χ0) is 23.5. The Labute approximate surface area is 194 Å². The summed E-state index contributed by atoms with van der Waals surface area (Å²) in [5, 5.41) is 26.8. The topological polar surface area (TPSA) is 92.1 Å². The van der Waals surface area contributed by atoms with E-state index in [-0.39, 0.29) is 17.1 Å². The summed E-state index contributed by atoms with van der Waals surface area (Å²) in [6.45, 7) is 11.6. The van der Waals surface area contributed by atoms with Crippen molar-refractivity contribution in [1.29, 1.82) is 0 Å². The molecule has 0 aliphatic carbocycles. The van der Waals surface area contributed by atoms with Crippen molar-refractivity contribution in [2.75, 3.05) is 13.1 Å². The van der Waals surface area contributed by atoms with Crippen molar-refractivity contribution in [3.8, 4) is 11.4 Å². The minimum atomic E-state index is -0.296. The molecule has 0 aliphatic heterocycles. The highest BCUT2D eigenvalue weighted by Crippen LogP contribution is 2.36. The zero-order valence-corrected chi connectivity index (χ0v) is 20.1. The van der Waals surface area contributed by atoms with Gasteiger partial charge in [-0.25, -0.2) is 0 Å². The van der Waals surface area contributed by atoms with Gasteiger partial charge in [-0.15, -0.1) is 15.0 Å². The number of phenolic OH excluding ortho intramolecular Hbond substituents is 1. The highest BCUT2D eigenvalue weighted by Gasteiger charge is 2.23. The number of aromatic hydroxyl groups is 1. The van der Waals surface area contributed by atoms with Gasteiger partial charge in [0.25, 0.3) is 0 Å². The van der Waals surface area contributed by atoms with Crippen molar-refractivity contribution in [3.63, 3.8) is 0 Å². The predicted molar refractivity (Wildman–Crippen MR) is 129 cm³/mol. The van der Waals surface area contributed by atoms with Crippen LogP contribution < -0.4 is 10.6 Å². The molecule has 0 fully saturated rings. The number of fused-ring (bicyclic) bond motifs is 1. The minimum absolute atomic E-state index is 0.0000781. The highest BCUT2D eigenvalue weighted by atomic mass is 35.5. The monoisotopic (exact) mass is 457 g/mol. The maximum atomic E-state index is 12.3. The fraction of sp³-hybridized carbons (Fsp3) is 0.458. The molecule has 0 radical (unpaired) electrons. The molecule has 1 heterocycles. The lowest BCUT2D eigenvalue weighted by molar-refractivity contribution is -0.121. The van der Waals surface area contributed by atoms with Gasteiger partial charge in [-0.3, -0.25) is 4.79 Å². The van der Waals surface area contributed by atoms with Crippen molar-refractivity contribution < 1.29 is 9.90 Å². The molecule has 1 aromatic heterocycles. The van der Waals surface area contributed by atoms with Gasteiger partial charge in [-0.2, -0.15) is 0 Å². The number of halogens is 1. The van der Waals surface area contributed by atoms with E-state index in [0.29, 0.717) is 47.2 Å². The van der Waals surface area contributed by atoms with E-state index in [9.17, 15) is 9.90 Å². The lowest BCUT2D eigenvalue weighted by Gasteiger charge is -2.23. The second-order valence-electron chi connectivity index (χ2n) is 9.34. The molecule has 7 nitrogen and oxygen atoms in total. The van der Waals surface area contributed by atoms with Crippen LogP contribution in [0.15, 0.2) is 30.3 Å². The van der Waals surface area contributed by atoms with E-state index >= 15 is 0 Å². The third-order valence-electron chi connectivity index (χ3n) is 5.16. The van der Waals surface area contributed by atoms with Gasteiger partial charge >= 0.3 is 0 Å². The molecule has 0 unspecified atom stereocenters. The van der Waals surface area contributed by atoms with Gasteiger partial charge in [0.1, 0.15) is 22.5 Å². The Morgan fingerprint density at radius 1 is 1.12 bits per heavy atom. The molecule has 0 spiro atoms. The summed E-state index contributed by atoms with van der Waals surface area (Å²) in [6, 6.07) is 9.50. The Kier molecular flexibility index (Phi) is 7.41. The van der Waals surface area contributed by atoms with Crippen molar-refractivity contribution in [1.82, 2.24) is 25.6 Å². The Bertz CT molecular complexity index is 1100. The van der Waals surface area contributed by atoms with Crippen molar-refractivity contribution in [2.24, 2.45) is 0 Å². The van der Waals surface area contributed by atoms with E-state index in [0.717, 1.165) is 17.7 Å². The number of carbonyl (C=O) groups excluding carboxylic acids is 1.